The molecule has 0 saturated heterocycles. The van der Waals surface area contributed by atoms with Crippen LogP contribution in [0.3, 0.4) is 0 Å². The number of sulfonamides is 1. The van der Waals surface area contributed by atoms with E-state index >= 15 is 0 Å². The zero-order valence-corrected chi connectivity index (χ0v) is 19.9. The van der Waals surface area contributed by atoms with Crippen molar-refractivity contribution in [1.29, 1.82) is 0 Å². The second kappa shape index (κ2) is 11.4. The maximum atomic E-state index is 13.4. The highest BCUT2D eigenvalue weighted by molar-refractivity contribution is 7.89. The highest BCUT2D eigenvalue weighted by Gasteiger charge is 2.28. The molecule has 8 heteroatoms. The lowest BCUT2D eigenvalue weighted by Crippen LogP contribution is -2.43. The van der Waals surface area contributed by atoms with Crippen molar-refractivity contribution in [2.24, 2.45) is 0 Å². The molecule has 0 unspecified atom stereocenters. The molecule has 3 rings (SSSR count). The normalized spacial score (nSPS) is 11.6. The quantitative estimate of drug-likeness (QED) is 0.424. The number of carbonyl (C=O) groups is 1. The third-order valence-corrected chi connectivity index (χ3v) is 7.73. The predicted molar refractivity (Wildman–Crippen MR) is 127 cm³/mol. The average molecular weight is 473 g/mol. The van der Waals surface area contributed by atoms with E-state index in [4.69, 9.17) is 4.74 Å². The Morgan fingerprint density at radius 2 is 1.69 bits per heavy atom. The molecule has 0 aliphatic rings. The first-order chi connectivity index (χ1) is 15.4. The molecule has 0 fully saturated rings. The summed E-state index contributed by atoms with van der Waals surface area (Å²) in [5.41, 5.74) is 1.95. The van der Waals surface area contributed by atoms with E-state index in [9.17, 15) is 13.2 Å². The van der Waals surface area contributed by atoms with Crippen LogP contribution in [-0.2, 0) is 32.6 Å². The third kappa shape index (κ3) is 6.49. The molecule has 0 bridgehead atoms. The lowest BCUT2D eigenvalue weighted by Gasteiger charge is -2.27. The van der Waals surface area contributed by atoms with Crippen LogP contribution < -0.4 is 0 Å². The topological polar surface area (TPSA) is 66.9 Å². The van der Waals surface area contributed by atoms with Gasteiger partial charge in [-0.1, -0.05) is 54.1 Å². The molecule has 1 heterocycles. The lowest BCUT2D eigenvalue weighted by atomic mass is 10.2. The van der Waals surface area contributed by atoms with Crippen LogP contribution in [0.2, 0.25) is 0 Å². The van der Waals surface area contributed by atoms with Crippen molar-refractivity contribution in [2.45, 2.75) is 24.9 Å². The van der Waals surface area contributed by atoms with Gasteiger partial charge in [0, 0.05) is 25.1 Å². The molecule has 0 saturated carbocycles. The van der Waals surface area contributed by atoms with Crippen LogP contribution in [0.4, 0.5) is 0 Å². The summed E-state index contributed by atoms with van der Waals surface area (Å²) in [4.78, 5) is 16.3. The van der Waals surface area contributed by atoms with Crippen LogP contribution in [0, 0.1) is 6.92 Å². The van der Waals surface area contributed by atoms with Gasteiger partial charge in [-0.25, -0.2) is 8.42 Å². The fraction of sp³-hybridized carbons (Fsp3) is 0.292. The predicted octanol–water partition coefficient (Wildman–Crippen LogP) is 3.92. The van der Waals surface area contributed by atoms with Crippen molar-refractivity contribution in [1.82, 2.24) is 9.21 Å². The maximum absolute atomic E-state index is 13.4. The zero-order chi connectivity index (χ0) is 23.0. The monoisotopic (exact) mass is 472 g/mol. The van der Waals surface area contributed by atoms with E-state index in [0.717, 1.165) is 16.0 Å². The second-order valence-electron chi connectivity index (χ2n) is 7.46. The molecule has 2 aromatic carbocycles. The fourth-order valence-electron chi connectivity index (χ4n) is 3.21. The summed E-state index contributed by atoms with van der Waals surface area (Å²) in [6.07, 6.45) is 0. The Morgan fingerprint density at radius 1 is 0.969 bits per heavy atom. The summed E-state index contributed by atoms with van der Waals surface area (Å²) in [6, 6.07) is 20.3. The molecule has 1 aromatic heterocycles. The Kier molecular flexibility index (Phi) is 8.58. The van der Waals surface area contributed by atoms with Crippen molar-refractivity contribution in [3.8, 4) is 0 Å². The Labute approximate surface area is 194 Å². The van der Waals surface area contributed by atoms with Crippen molar-refractivity contribution in [3.05, 3.63) is 88.1 Å². The number of methoxy groups -OCH3 is 1. The molecular formula is C24H28N2O4S2. The number of amides is 1. The molecule has 6 nitrogen and oxygen atoms in total. The number of thiophene rings is 1. The Morgan fingerprint density at radius 3 is 2.31 bits per heavy atom. The summed E-state index contributed by atoms with van der Waals surface area (Å²) in [7, 11) is -2.33. The summed E-state index contributed by atoms with van der Waals surface area (Å²) in [5.74, 6) is -0.256. The number of benzene rings is 2. The van der Waals surface area contributed by atoms with Crippen LogP contribution in [-0.4, -0.2) is 50.3 Å². The fourth-order valence-corrected chi connectivity index (χ4v) is 5.31. The SMILES string of the molecule is COCCN(CC(=O)N(Cc1ccccc1)Cc1cccs1)S(=O)(=O)c1ccc(C)cc1. The average Bonchev–Trinajstić information content (AvgIpc) is 3.30. The molecule has 0 aliphatic heterocycles. The molecule has 1 amide bonds. The number of carbonyl (C=O) groups excluding carboxylic acids is 1. The molecule has 0 spiro atoms. The number of hydrogen-bond acceptors (Lipinski definition) is 5. The van der Waals surface area contributed by atoms with Crippen LogP contribution in [0.5, 0.6) is 0 Å². The first kappa shape index (κ1) is 24.1. The molecule has 0 atom stereocenters. The van der Waals surface area contributed by atoms with E-state index < -0.39 is 10.0 Å². The van der Waals surface area contributed by atoms with Gasteiger partial charge in [0.2, 0.25) is 15.9 Å². The zero-order valence-electron chi connectivity index (χ0n) is 18.3. The lowest BCUT2D eigenvalue weighted by molar-refractivity contribution is -0.132. The van der Waals surface area contributed by atoms with Gasteiger partial charge in [0.25, 0.3) is 0 Å². The molecule has 0 aliphatic carbocycles. The number of aryl methyl sites for hydroxylation is 1. The van der Waals surface area contributed by atoms with Gasteiger partial charge in [-0.3, -0.25) is 4.79 Å². The van der Waals surface area contributed by atoms with Crippen molar-refractivity contribution >= 4 is 27.3 Å². The minimum atomic E-state index is -3.85. The summed E-state index contributed by atoms with van der Waals surface area (Å²) < 4.78 is 32.9. The smallest absolute Gasteiger partial charge is 0.243 e. The van der Waals surface area contributed by atoms with Crippen LogP contribution in [0.1, 0.15) is 16.0 Å². The van der Waals surface area contributed by atoms with E-state index in [-0.39, 0.29) is 30.5 Å². The molecular weight excluding hydrogens is 444 g/mol. The van der Waals surface area contributed by atoms with Crippen molar-refractivity contribution in [3.63, 3.8) is 0 Å². The molecule has 32 heavy (non-hydrogen) atoms. The van der Waals surface area contributed by atoms with Gasteiger partial charge in [0.15, 0.2) is 0 Å². The van der Waals surface area contributed by atoms with E-state index in [1.807, 2.05) is 54.8 Å². The Balaban J connectivity index is 1.84. The summed E-state index contributed by atoms with van der Waals surface area (Å²) in [5, 5.41) is 1.97. The van der Waals surface area contributed by atoms with E-state index in [0.29, 0.717) is 13.1 Å². The van der Waals surface area contributed by atoms with Crippen LogP contribution in [0.15, 0.2) is 77.0 Å². The van der Waals surface area contributed by atoms with Crippen molar-refractivity contribution < 1.29 is 17.9 Å². The maximum Gasteiger partial charge on any atom is 0.243 e. The number of nitrogens with zero attached hydrogens (tertiary/aromatic N) is 2. The first-order valence-corrected chi connectivity index (χ1v) is 12.6. The van der Waals surface area contributed by atoms with E-state index in [1.54, 1.807) is 40.5 Å². The highest BCUT2D eigenvalue weighted by Crippen LogP contribution is 2.19. The number of hydrogen-bond donors (Lipinski definition) is 0. The minimum absolute atomic E-state index is 0.0939. The van der Waals surface area contributed by atoms with Gasteiger partial charge >= 0.3 is 0 Å². The van der Waals surface area contributed by atoms with Gasteiger partial charge in [-0.15, -0.1) is 11.3 Å². The number of ether oxygens (including phenoxy) is 1. The summed E-state index contributed by atoms with van der Waals surface area (Å²) in [6.45, 7) is 2.76. The van der Waals surface area contributed by atoms with E-state index in [1.165, 1.54) is 11.4 Å². The van der Waals surface area contributed by atoms with Crippen LogP contribution in [0.25, 0.3) is 0 Å². The third-order valence-electron chi connectivity index (χ3n) is 5.01. The van der Waals surface area contributed by atoms with E-state index in [2.05, 4.69) is 0 Å². The molecule has 0 radical (unpaired) electrons. The highest BCUT2D eigenvalue weighted by atomic mass is 32.2. The van der Waals surface area contributed by atoms with Gasteiger partial charge in [-0.05, 0) is 36.1 Å². The minimum Gasteiger partial charge on any atom is -0.383 e. The van der Waals surface area contributed by atoms with Gasteiger partial charge in [0.05, 0.1) is 24.6 Å². The largest absolute Gasteiger partial charge is 0.383 e. The second-order valence-corrected chi connectivity index (χ2v) is 10.4. The number of rotatable bonds is 11. The van der Waals surface area contributed by atoms with Crippen molar-refractivity contribution in [2.75, 3.05) is 26.8 Å². The van der Waals surface area contributed by atoms with Gasteiger partial charge < -0.3 is 9.64 Å². The standard InChI is InChI=1S/C24H28N2O4S2/c1-20-10-12-23(13-11-20)32(28,29)26(14-15-30-2)19-24(27)25(18-22-9-6-16-31-22)17-21-7-4-3-5-8-21/h3-13,16H,14-15,17-19H2,1-2H3. The summed E-state index contributed by atoms with van der Waals surface area (Å²) >= 11 is 1.57. The molecule has 170 valence electrons. The Bertz CT molecular complexity index is 1080. The van der Waals surface area contributed by atoms with Gasteiger partial charge in [0.1, 0.15) is 0 Å². The molecule has 0 N–H and O–H groups in total. The van der Waals surface area contributed by atoms with Crippen LogP contribution >= 0.6 is 11.3 Å². The van der Waals surface area contributed by atoms with Gasteiger partial charge in [-0.2, -0.15) is 4.31 Å². The first-order valence-electron chi connectivity index (χ1n) is 10.3. The Hall–Kier alpha value is -2.52. The molecule has 3 aromatic rings.